The second-order valence-corrected chi connectivity index (χ2v) is 10.7. The molecule has 0 saturated carbocycles. The third-order valence-corrected chi connectivity index (χ3v) is 8.35. The average Bonchev–Trinajstić information content (AvgIpc) is 3.52. The van der Waals surface area contributed by atoms with Gasteiger partial charge in [0.25, 0.3) is 0 Å². The summed E-state index contributed by atoms with van der Waals surface area (Å²) in [6, 6.07) is 32.8. The SMILES string of the molecule is C#CC#CN1C(=CC(=Cc2nc3c(ccc4ccccc43)s2)CC)Sc2ccc(-c3ccccc3)cc21. The summed E-state index contributed by atoms with van der Waals surface area (Å²) in [5.41, 5.74) is 5.64. The Morgan fingerprint density at radius 3 is 2.65 bits per heavy atom. The second-order valence-electron chi connectivity index (χ2n) is 8.61. The number of allylic oxidation sites excluding steroid dienone is 2. The largest absolute Gasteiger partial charge is 0.261 e. The molecule has 0 fully saturated rings. The lowest BCUT2D eigenvalue weighted by atomic mass is 10.1. The maximum Gasteiger partial charge on any atom is 0.117 e. The van der Waals surface area contributed by atoms with Crippen LogP contribution in [0.25, 0.3) is 38.2 Å². The van der Waals surface area contributed by atoms with Gasteiger partial charge in [-0.1, -0.05) is 85.4 Å². The monoisotopic (exact) mass is 510 g/mol. The van der Waals surface area contributed by atoms with E-state index >= 15 is 0 Å². The average molecular weight is 511 g/mol. The first kappa shape index (κ1) is 23.2. The molecule has 0 N–H and O–H groups in total. The van der Waals surface area contributed by atoms with E-state index in [0.29, 0.717) is 0 Å². The van der Waals surface area contributed by atoms with Crippen LogP contribution in [0.4, 0.5) is 5.69 Å². The molecule has 2 heterocycles. The van der Waals surface area contributed by atoms with Gasteiger partial charge in [0.15, 0.2) is 0 Å². The van der Waals surface area contributed by atoms with Crippen LogP contribution >= 0.6 is 23.1 Å². The third-order valence-electron chi connectivity index (χ3n) is 6.31. The smallest absolute Gasteiger partial charge is 0.117 e. The van der Waals surface area contributed by atoms with E-state index in [1.165, 1.54) is 31.5 Å². The summed E-state index contributed by atoms with van der Waals surface area (Å²) >= 11 is 3.44. The molecule has 0 saturated heterocycles. The van der Waals surface area contributed by atoms with E-state index in [9.17, 15) is 0 Å². The van der Waals surface area contributed by atoms with Gasteiger partial charge >= 0.3 is 0 Å². The molecule has 5 aromatic rings. The summed E-state index contributed by atoms with van der Waals surface area (Å²) in [5, 5.41) is 4.46. The molecule has 1 aliphatic rings. The Kier molecular flexibility index (Phi) is 6.29. The molecule has 0 bridgehead atoms. The van der Waals surface area contributed by atoms with E-state index in [0.717, 1.165) is 33.2 Å². The van der Waals surface area contributed by atoms with Gasteiger partial charge in [-0.25, -0.2) is 4.98 Å². The standard InChI is InChI=1S/C33H22N2S2/c1-3-5-19-35-28-22-26(24-11-7-6-8-12-24)16-17-29(28)37-32(35)21-23(4-2)20-31-34-33-27-14-10-9-13-25(27)15-18-30(33)36-31/h1,6-18,20-22H,4H2,2H3. The van der Waals surface area contributed by atoms with Crippen molar-refractivity contribution in [3.8, 4) is 35.4 Å². The highest BCUT2D eigenvalue weighted by atomic mass is 32.2. The first-order valence-corrected chi connectivity index (χ1v) is 13.7. The highest BCUT2D eigenvalue weighted by Crippen LogP contribution is 2.47. The Morgan fingerprint density at radius 2 is 1.81 bits per heavy atom. The number of anilines is 1. The van der Waals surface area contributed by atoms with Gasteiger partial charge in [-0.2, -0.15) is 0 Å². The first-order valence-electron chi connectivity index (χ1n) is 12.1. The lowest BCUT2D eigenvalue weighted by Crippen LogP contribution is -2.09. The molecule has 1 aromatic heterocycles. The van der Waals surface area contributed by atoms with Crippen molar-refractivity contribution in [1.29, 1.82) is 0 Å². The number of aromatic nitrogens is 1. The topological polar surface area (TPSA) is 16.1 Å². The van der Waals surface area contributed by atoms with E-state index < -0.39 is 0 Å². The van der Waals surface area contributed by atoms with Crippen LogP contribution in [0.5, 0.6) is 0 Å². The summed E-state index contributed by atoms with van der Waals surface area (Å²) in [4.78, 5) is 8.18. The zero-order valence-electron chi connectivity index (χ0n) is 20.2. The molecule has 37 heavy (non-hydrogen) atoms. The van der Waals surface area contributed by atoms with Gasteiger partial charge in [-0.3, -0.25) is 4.90 Å². The van der Waals surface area contributed by atoms with Crippen molar-refractivity contribution in [2.45, 2.75) is 18.2 Å². The lowest BCUT2D eigenvalue weighted by molar-refractivity contribution is 1.15. The van der Waals surface area contributed by atoms with Gasteiger partial charge in [0, 0.05) is 22.2 Å². The minimum atomic E-state index is 0.878. The number of nitrogens with zero attached hydrogens (tertiary/aromatic N) is 2. The van der Waals surface area contributed by atoms with E-state index in [1.807, 2.05) is 11.0 Å². The molecular weight excluding hydrogens is 489 g/mol. The number of hydrogen-bond acceptors (Lipinski definition) is 4. The van der Waals surface area contributed by atoms with Crippen LogP contribution in [0, 0.1) is 24.3 Å². The molecule has 0 atom stereocenters. The van der Waals surface area contributed by atoms with Crippen molar-refractivity contribution in [1.82, 2.24) is 4.98 Å². The van der Waals surface area contributed by atoms with Crippen molar-refractivity contribution in [2.75, 3.05) is 4.90 Å². The van der Waals surface area contributed by atoms with Gasteiger partial charge in [0.2, 0.25) is 0 Å². The van der Waals surface area contributed by atoms with Crippen LogP contribution < -0.4 is 4.90 Å². The molecular formula is C33H22N2S2. The highest BCUT2D eigenvalue weighted by molar-refractivity contribution is 8.03. The molecule has 4 aromatic carbocycles. The van der Waals surface area contributed by atoms with Crippen molar-refractivity contribution in [3.05, 3.63) is 107 Å². The summed E-state index contributed by atoms with van der Waals surface area (Å²) in [7, 11) is 0. The van der Waals surface area contributed by atoms with Crippen LogP contribution in [0.15, 0.2) is 107 Å². The van der Waals surface area contributed by atoms with Crippen molar-refractivity contribution < 1.29 is 0 Å². The van der Waals surface area contributed by atoms with Gasteiger partial charge < -0.3 is 0 Å². The molecule has 4 heteroatoms. The normalized spacial score (nSPS) is 14.0. The lowest BCUT2D eigenvalue weighted by Gasteiger charge is -2.13. The molecule has 0 spiro atoms. The van der Waals surface area contributed by atoms with E-state index in [2.05, 4.69) is 116 Å². The Bertz CT molecular complexity index is 1810. The zero-order chi connectivity index (χ0) is 25.2. The van der Waals surface area contributed by atoms with E-state index in [4.69, 9.17) is 11.4 Å². The fraction of sp³-hybridized carbons (Fsp3) is 0.0606. The fourth-order valence-electron chi connectivity index (χ4n) is 4.47. The quantitative estimate of drug-likeness (QED) is 0.225. The van der Waals surface area contributed by atoms with Crippen LogP contribution in [0.3, 0.4) is 0 Å². The Balaban J connectivity index is 1.39. The molecule has 1 aliphatic heterocycles. The summed E-state index contributed by atoms with van der Waals surface area (Å²) in [6.07, 6.45) is 10.8. The maximum atomic E-state index is 5.50. The fourth-order valence-corrected chi connectivity index (χ4v) is 6.49. The van der Waals surface area contributed by atoms with Crippen LogP contribution in [-0.4, -0.2) is 4.98 Å². The van der Waals surface area contributed by atoms with E-state index in [-0.39, 0.29) is 0 Å². The molecule has 0 unspecified atom stereocenters. The predicted molar refractivity (Wildman–Crippen MR) is 160 cm³/mol. The maximum absolute atomic E-state index is 5.50. The minimum Gasteiger partial charge on any atom is -0.261 e. The number of thiazole rings is 1. The molecule has 0 radical (unpaired) electrons. The second kappa shape index (κ2) is 10.0. The Hall–Kier alpha value is -4.22. The number of terminal acetylenes is 1. The molecule has 176 valence electrons. The van der Waals surface area contributed by atoms with Crippen molar-refractivity contribution in [3.63, 3.8) is 0 Å². The van der Waals surface area contributed by atoms with Gasteiger partial charge in [-0.15, -0.1) is 17.8 Å². The van der Waals surface area contributed by atoms with Gasteiger partial charge in [0.05, 0.1) is 20.9 Å². The predicted octanol–water partition coefficient (Wildman–Crippen LogP) is 8.96. The van der Waals surface area contributed by atoms with Crippen molar-refractivity contribution in [2.24, 2.45) is 0 Å². The first-order chi connectivity index (χ1) is 18.2. The zero-order valence-corrected chi connectivity index (χ0v) is 21.9. The Labute approximate surface area is 225 Å². The third kappa shape index (κ3) is 4.54. The highest BCUT2D eigenvalue weighted by Gasteiger charge is 2.25. The summed E-state index contributed by atoms with van der Waals surface area (Å²) in [5.74, 6) is 5.28. The van der Waals surface area contributed by atoms with Crippen LogP contribution in [0.2, 0.25) is 0 Å². The number of hydrogen-bond donors (Lipinski definition) is 0. The number of thioether (sulfide) groups is 1. The van der Waals surface area contributed by atoms with Crippen molar-refractivity contribution >= 4 is 55.9 Å². The van der Waals surface area contributed by atoms with Crippen LogP contribution in [0.1, 0.15) is 18.4 Å². The molecule has 6 rings (SSSR count). The number of rotatable bonds is 4. The number of fused-ring (bicyclic) bond motifs is 4. The Morgan fingerprint density at radius 1 is 0.973 bits per heavy atom. The van der Waals surface area contributed by atoms with E-state index in [1.54, 1.807) is 23.1 Å². The summed E-state index contributed by atoms with van der Waals surface area (Å²) in [6.45, 7) is 2.17. The summed E-state index contributed by atoms with van der Waals surface area (Å²) < 4.78 is 1.20. The minimum absolute atomic E-state index is 0.878. The van der Waals surface area contributed by atoms with Crippen LogP contribution in [-0.2, 0) is 0 Å². The molecule has 0 aliphatic carbocycles. The molecule has 2 nitrogen and oxygen atoms in total. The van der Waals surface area contributed by atoms with Gasteiger partial charge in [-0.05, 0) is 64.8 Å². The van der Waals surface area contributed by atoms with Gasteiger partial charge in [0.1, 0.15) is 5.01 Å². The number of benzene rings is 4. The molecule has 0 amide bonds.